The molecule has 0 saturated carbocycles. The van der Waals surface area contributed by atoms with E-state index in [1.165, 1.54) is 4.68 Å². The van der Waals surface area contributed by atoms with Crippen LogP contribution in [0.25, 0.3) is 5.69 Å². The lowest BCUT2D eigenvalue weighted by atomic mass is 10.2. The Hall–Kier alpha value is -3.03. The van der Waals surface area contributed by atoms with Crippen LogP contribution in [0, 0.1) is 0 Å². The van der Waals surface area contributed by atoms with E-state index in [0.29, 0.717) is 18.0 Å². The number of benzene rings is 2. The maximum absolute atomic E-state index is 12.8. The Bertz CT molecular complexity index is 1110. The largest absolute Gasteiger partial charge is 0.486 e. The molecule has 3 aromatic rings. The number of piperazine rings is 1. The van der Waals surface area contributed by atoms with Crippen molar-refractivity contribution >= 4 is 17.3 Å². The van der Waals surface area contributed by atoms with Crippen LogP contribution < -0.4 is 19.9 Å². The quantitative estimate of drug-likeness (QED) is 0.624. The Labute approximate surface area is 185 Å². The highest BCUT2D eigenvalue weighted by Crippen LogP contribution is 2.31. The van der Waals surface area contributed by atoms with E-state index in [4.69, 9.17) is 21.1 Å². The SMILES string of the molecule is O=c1c(Cl)c(N2CCN(C[C@@H]3COc4ccccc4O3)CC2)cnn1-c1ccccc1. The number of para-hydroxylation sites is 3. The van der Waals surface area contributed by atoms with Crippen LogP contribution in [0.2, 0.25) is 5.02 Å². The van der Waals surface area contributed by atoms with E-state index in [1.807, 2.05) is 54.6 Å². The van der Waals surface area contributed by atoms with Crippen molar-refractivity contribution in [2.24, 2.45) is 0 Å². The molecule has 0 amide bonds. The van der Waals surface area contributed by atoms with Crippen LogP contribution >= 0.6 is 11.6 Å². The second-order valence-corrected chi connectivity index (χ2v) is 8.06. The Kier molecular flexibility index (Phi) is 5.53. The molecule has 160 valence electrons. The van der Waals surface area contributed by atoms with Gasteiger partial charge in [-0.1, -0.05) is 41.9 Å². The lowest BCUT2D eigenvalue weighted by Crippen LogP contribution is -2.51. The van der Waals surface area contributed by atoms with Gasteiger partial charge in [-0.3, -0.25) is 9.69 Å². The lowest BCUT2D eigenvalue weighted by Gasteiger charge is -2.38. The smallest absolute Gasteiger partial charge is 0.292 e. The van der Waals surface area contributed by atoms with Crippen LogP contribution in [0.15, 0.2) is 65.6 Å². The molecule has 5 rings (SSSR count). The first-order chi connectivity index (χ1) is 15.2. The normalized spacial score (nSPS) is 18.7. The Morgan fingerprint density at radius 3 is 2.45 bits per heavy atom. The van der Waals surface area contributed by atoms with Gasteiger partial charge in [0.25, 0.3) is 5.56 Å². The van der Waals surface area contributed by atoms with Gasteiger partial charge in [0.05, 0.1) is 17.6 Å². The average Bonchev–Trinajstić information content (AvgIpc) is 2.82. The molecule has 1 atom stereocenters. The molecule has 7 nitrogen and oxygen atoms in total. The number of halogens is 1. The lowest BCUT2D eigenvalue weighted by molar-refractivity contribution is 0.0571. The average molecular weight is 439 g/mol. The summed E-state index contributed by atoms with van der Waals surface area (Å²) in [6, 6.07) is 17.0. The molecule has 0 bridgehead atoms. The summed E-state index contributed by atoms with van der Waals surface area (Å²) in [6.07, 6.45) is 1.68. The zero-order valence-electron chi connectivity index (χ0n) is 17.0. The molecule has 2 aromatic carbocycles. The summed E-state index contributed by atoms with van der Waals surface area (Å²) in [7, 11) is 0. The van der Waals surface area contributed by atoms with Gasteiger partial charge in [-0.25, -0.2) is 0 Å². The molecule has 31 heavy (non-hydrogen) atoms. The minimum absolute atomic E-state index is 0.00139. The first-order valence-electron chi connectivity index (χ1n) is 10.4. The molecule has 1 aromatic heterocycles. The van der Waals surface area contributed by atoms with Crippen molar-refractivity contribution in [3.8, 4) is 17.2 Å². The van der Waals surface area contributed by atoms with Gasteiger partial charge in [0.1, 0.15) is 17.7 Å². The zero-order chi connectivity index (χ0) is 21.2. The zero-order valence-corrected chi connectivity index (χ0v) is 17.7. The Morgan fingerprint density at radius 2 is 1.68 bits per heavy atom. The van der Waals surface area contributed by atoms with E-state index in [2.05, 4.69) is 14.9 Å². The van der Waals surface area contributed by atoms with Gasteiger partial charge < -0.3 is 14.4 Å². The molecule has 3 heterocycles. The van der Waals surface area contributed by atoms with Crippen LogP contribution in [0.4, 0.5) is 5.69 Å². The highest BCUT2D eigenvalue weighted by molar-refractivity contribution is 6.33. The van der Waals surface area contributed by atoms with Gasteiger partial charge in [0, 0.05) is 32.7 Å². The number of fused-ring (bicyclic) bond motifs is 1. The first-order valence-corrected chi connectivity index (χ1v) is 10.8. The van der Waals surface area contributed by atoms with Crippen LogP contribution in [0.1, 0.15) is 0 Å². The Balaban J connectivity index is 1.22. The third-order valence-corrected chi connectivity index (χ3v) is 6.00. The fraction of sp³-hybridized carbons (Fsp3) is 0.304. The van der Waals surface area contributed by atoms with Crippen molar-refractivity contribution in [2.75, 3.05) is 44.2 Å². The van der Waals surface area contributed by atoms with Crippen LogP contribution in [-0.2, 0) is 0 Å². The standard InChI is InChI=1S/C23H23ClN4O3/c24-22-19(14-25-28(23(22)29)17-6-2-1-3-7-17)27-12-10-26(11-13-27)15-18-16-30-20-8-4-5-9-21(20)31-18/h1-9,14,18H,10-13,15-16H2/t18-/m1/s1. The van der Waals surface area contributed by atoms with Crippen molar-refractivity contribution < 1.29 is 9.47 Å². The van der Waals surface area contributed by atoms with Gasteiger partial charge in [0.2, 0.25) is 0 Å². The molecular formula is C23H23ClN4O3. The minimum atomic E-state index is -0.306. The molecule has 8 heteroatoms. The summed E-state index contributed by atoms with van der Waals surface area (Å²) in [6.45, 7) is 4.56. The second-order valence-electron chi connectivity index (χ2n) is 7.68. The minimum Gasteiger partial charge on any atom is -0.486 e. The van der Waals surface area contributed by atoms with E-state index in [0.717, 1.165) is 44.2 Å². The van der Waals surface area contributed by atoms with E-state index in [1.54, 1.807) is 6.20 Å². The van der Waals surface area contributed by atoms with Crippen LogP contribution in [-0.4, -0.2) is 60.1 Å². The van der Waals surface area contributed by atoms with Gasteiger partial charge in [-0.15, -0.1) is 0 Å². The van der Waals surface area contributed by atoms with Gasteiger partial charge in [-0.2, -0.15) is 9.78 Å². The molecule has 2 aliphatic heterocycles. The monoisotopic (exact) mass is 438 g/mol. The highest BCUT2D eigenvalue weighted by Gasteiger charge is 2.26. The topological polar surface area (TPSA) is 59.8 Å². The van der Waals surface area contributed by atoms with E-state index < -0.39 is 0 Å². The van der Waals surface area contributed by atoms with Crippen molar-refractivity contribution in [3.63, 3.8) is 0 Å². The molecule has 2 aliphatic rings. The molecule has 1 fully saturated rings. The number of nitrogens with zero attached hydrogens (tertiary/aromatic N) is 4. The number of ether oxygens (including phenoxy) is 2. The van der Waals surface area contributed by atoms with Gasteiger partial charge in [0.15, 0.2) is 11.5 Å². The number of anilines is 1. The molecule has 0 unspecified atom stereocenters. The number of hydrogen-bond donors (Lipinski definition) is 0. The summed E-state index contributed by atoms with van der Waals surface area (Å²) in [5.41, 5.74) is 1.07. The third kappa shape index (κ3) is 4.11. The van der Waals surface area contributed by atoms with Gasteiger partial charge in [-0.05, 0) is 24.3 Å². The van der Waals surface area contributed by atoms with E-state index in [9.17, 15) is 4.79 Å². The maximum atomic E-state index is 12.8. The highest BCUT2D eigenvalue weighted by atomic mass is 35.5. The molecule has 0 N–H and O–H groups in total. The summed E-state index contributed by atoms with van der Waals surface area (Å²) in [5, 5.41) is 4.55. The predicted octanol–water partition coefficient (Wildman–Crippen LogP) is 2.85. The Morgan fingerprint density at radius 1 is 0.968 bits per heavy atom. The number of hydrogen-bond acceptors (Lipinski definition) is 6. The van der Waals surface area contributed by atoms with Crippen LogP contribution in [0.5, 0.6) is 11.5 Å². The number of rotatable bonds is 4. The summed E-state index contributed by atoms with van der Waals surface area (Å²) >= 11 is 6.46. The van der Waals surface area contributed by atoms with E-state index >= 15 is 0 Å². The maximum Gasteiger partial charge on any atom is 0.292 e. The molecule has 0 spiro atoms. The van der Waals surface area contributed by atoms with Crippen molar-refractivity contribution in [2.45, 2.75) is 6.10 Å². The van der Waals surface area contributed by atoms with E-state index in [-0.39, 0.29) is 16.7 Å². The van der Waals surface area contributed by atoms with Crippen molar-refractivity contribution in [1.82, 2.24) is 14.7 Å². The molecule has 0 radical (unpaired) electrons. The third-order valence-electron chi connectivity index (χ3n) is 5.64. The summed E-state index contributed by atoms with van der Waals surface area (Å²) in [4.78, 5) is 17.2. The summed E-state index contributed by atoms with van der Waals surface area (Å²) in [5.74, 6) is 1.60. The van der Waals surface area contributed by atoms with Crippen molar-refractivity contribution in [3.05, 3.63) is 76.2 Å². The molecular weight excluding hydrogens is 416 g/mol. The van der Waals surface area contributed by atoms with Gasteiger partial charge >= 0.3 is 0 Å². The fourth-order valence-corrected chi connectivity index (χ4v) is 4.26. The fourth-order valence-electron chi connectivity index (χ4n) is 4.01. The second kappa shape index (κ2) is 8.61. The number of aromatic nitrogens is 2. The predicted molar refractivity (Wildman–Crippen MR) is 120 cm³/mol. The van der Waals surface area contributed by atoms with Crippen molar-refractivity contribution in [1.29, 1.82) is 0 Å². The molecule has 1 saturated heterocycles. The first kappa shape index (κ1) is 19.9. The van der Waals surface area contributed by atoms with Crippen LogP contribution in [0.3, 0.4) is 0 Å². The summed E-state index contributed by atoms with van der Waals surface area (Å²) < 4.78 is 13.2. The molecule has 0 aliphatic carbocycles.